The van der Waals surface area contributed by atoms with Crippen LogP contribution < -0.4 is 52.8 Å². The van der Waals surface area contributed by atoms with Crippen LogP contribution >= 0.6 is 0 Å². The van der Waals surface area contributed by atoms with Gasteiger partial charge in [0.1, 0.15) is 0 Å². The van der Waals surface area contributed by atoms with Gasteiger partial charge in [-0.3, -0.25) is 0 Å². The Balaban J connectivity index is 0.00000400. The van der Waals surface area contributed by atoms with Gasteiger partial charge in [-0.2, -0.15) is 0 Å². The van der Waals surface area contributed by atoms with Gasteiger partial charge < -0.3 is 37.2 Å². The Hall–Kier alpha value is -1.06. The first-order valence-electron chi connectivity index (χ1n) is 17.9. The molecule has 1 aliphatic rings. The van der Waals surface area contributed by atoms with E-state index in [-0.39, 0.29) is 40.6 Å². The number of hydrogen-bond donors (Lipinski definition) is 0. The van der Waals surface area contributed by atoms with Gasteiger partial charge in [-0.15, -0.1) is 0 Å². The summed E-state index contributed by atoms with van der Waals surface area (Å²) in [6.07, 6.45) is 2.51. The molecule has 0 radical (unpaired) electrons. The second-order valence-electron chi connectivity index (χ2n) is 16.2. The summed E-state index contributed by atoms with van der Waals surface area (Å²) in [5.41, 5.74) is 13.3. The molecule has 3 aromatic carbocycles. The number of halogens is 3. The van der Waals surface area contributed by atoms with Crippen molar-refractivity contribution in [1.82, 2.24) is 0 Å². The van der Waals surface area contributed by atoms with Crippen LogP contribution in [0.5, 0.6) is 0 Å². The van der Waals surface area contributed by atoms with Crippen molar-refractivity contribution in [1.29, 1.82) is 0 Å². The smallest absolute Gasteiger partial charge is 1.00 e. The van der Waals surface area contributed by atoms with Gasteiger partial charge in [-0.05, 0) is 0 Å². The molecule has 266 valence electrons. The fraction of sp³-hybridized carbons (Fsp3) is 0.500. The van der Waals surface area contributed by atoms with Crippen molar-refractivity contribution in [3.8, 4) is 0 Å². The van der Waals surface area contributed by atoms with Crippen LogP contribution in [0.4, 0.5) is 0 Å². The topological polar surface area (TPSA) is 0 Å². The van der Waals surface area contributed by atoms with E-state index in [2.05, 4.69) is 185 Å². The normalized spacial score (nSPS) is 16.5. The summed E-state index contributed by atoms with van der Waals surface area (Å²) in [6.45, 7) is 35.7. The first-order valence-corrected chi connectivity index (χ1v) is 20.7. The molecule has 0 heterocycles. The Morgan fingerprint density at radius 3 is 0.816 bits per heavy atom. The molecule has 4 rings (SSSR count). The molecular weight excluding hydrogens is 711 g/mol. The van der Waals surface area contributed by atoms with Gasteiger partial charge in [0.05, 0.1) is 0 Å². The van der Waals surface area contributed by atoms with Crippen LogP contribution in [-0.2, 0) is 20.4 Å². The van der Waals surface area contributed by atoms with Crippen LogP contribution in [0.2, 0.25) is 3.34 Å². The summed E-state index contributed by atoms with van der Waals surface area (Å²) < 4.78 is -0.130. The van der Waals surface area contributed by atoms with E-state index in [1.54, 1.807) is 21.1 Å². The molecule has 0 saturated heterocycles. The van der Waals surface area contributed by atoms with E-state index >= 15 is 0 Å². The second kappa shape index (κ2) is 17.6. The van der Waals surface area contributed by atoms with Crippen LogP contribution in [0.15, 0.2) is 77.4 Å². The Bertz CT molecular complexity index is 1430. The quantitative estimate of drug-likeness (QED) is 0.220. The summed E-state index contributed by atoms with van der Waals surface area (Å²) in [7, 11) is -2.87. The van der Waals surface area contributed by atoms with Crippen LogP contribution in [0, 0.1) is 0 Å². The standard InChI is InChI=1S/C44H61Si.3ClH.Ti/c1-26(2)35-17-36(27(3)4)21-41(20-35)45(44-33(14)16-32(13)34(44)15,42-22-37(28(5)6)18-38(23-42)29(7)8)43-24-39(30(9)10)19-40(25-43)31(11)12;;;;/h16-31H,1-15H3;3*1H;/q;;;;+3/p-3. The Kier molecular flexibility index (Phi) is 16.5. The van der Waals surface area contributed by atoms with E-state index in [1.807, 2.05) is 0 Å². The second-order valence-corrected chi connectivity index (χ2v) is 22.2. The van der Waals surface area contributed by atoms with Crippen LogP contribution in [0.25, 0.3) is 0 Å². The molecule has 1 unspecified atom stereocenters. The van der Waals surface area contributed by atoms with Crippen molar-refractivity contribution >= 4 is 23.6 Å². The molecule has 1 aliphatic carbocycles. The fourth-order valence-electron chi connectivity index (χ4n) is 7.54. The van der Waals surface area contributed by atoms with Gasteiger partial charge in [0.2, 0.25) is 0 Å². The summed E-state index contributed by atoms with van der Waals surface area (Å²) in [4.78, 5) is 0. The van der Waals surface area contributed by atoms with E-state index in [9.17, 15) is 0 Å². The number of rotatable bonds is 10. The van der Waals surface area contributed by atoms with Crippen LogP contribution in [-0.4, -0.2) is 8.07 Å². The molecule has 49 heavy (non-hydrogen) atoms. The molecule has 0 N–H and O–H groups in total. The number of hydrogen-bond acceptors (Lipinski definition) is 0. The third-order valence-corrected chi connectivity index (χ3v) is 19.3. The minimum absolute atomic E-state index is 0. The van der Waals surface area contributed by atoms with Gasteiger partial charge in [-0.1, -0.05) is 0 Å². The van der Waals surface area contributed by atoms with E-state index in [1.165, 1.54) is 44.5 Å². The maximum atomic E-state index is 2.65. The van der Waals surface area contributed by atoms with Crippen molar-refractivity contribution in [2.75, 3.05) is 0 Å². The van der Waals surface area contributed by atoms with E-state index in [4.69, 9.17) is 0 Å². The first kappa shape index (κ1) is 46.0. The molecule has 0 amide bonds. The third-order valence-electron chi connectivity index (χ3n) is 11.0. The average Bonchev–Trinajstić information content (AvgIpc) is 3.19. The first-order chi connectivity index (χ1) is 21.4. The molecule has 0 nitrogen and oxygen atoms in total. The van der Waals surface area contributed by atoms with Gasteiger partial charge in [0.25, 0.3) is 0 Å². The molecular formula is C44H61Cl3SiTi. The van der Waals surface area contributed by atoms with Gasteiger partial charge in [0, 0.05) is 0 Å². The molecule has 0 bridgehead atoms. The summed E-state index contributed by atoms with van der Waals surface area (Å²) in [5.74, 6) is 2.73. The van der Waals surface area contributed by atoms with Gasteiger partial charge in [-0.25, -0.2) is 0 Å². The van der Waals surface area contributed by atoms with Gasteiger partial charge in [0.15, 0.2) is 0 Å². The predicted octanol–water partition coefficient (Wildman–Crippen LogP) is 2.45. The molecule has 0 saturated carbocycles. The zero-order valence-electron chi connectivity index (χ0n) is 32.9. The van der Waals surface area contributed by atoms with Crippen LogP contribution in [0.3, 0.4) is 0 Å². The third kappa shape index (κ3) is 8.45. The van der Waals surface area contributed by atoms with Crippen molar-refractivity contribution in [3.05, 3.63) is 111 Å². The summed E-state index contributed by atoms with van der Waals surface area (Å²) >= 11 is 2.63. The molecule has 0 aromatic heterocycles. The summed E-state index contributed by atoms with van der Waals surface area (Å²) in [5, 5.41) is 4.70. The molecule has 0 aliphatic heterocycles. The Morgan fingerprint density at radius 2 is 0.653 bits per heavy atom. The minimum Gasteiger partial charge on any atom is -1.00 e. The SMILES string of the molecule is CC1=CC(C)=C(C)[C]1([Ti+3])[Si](c1cc(C(C)C)cc(C(C)C)c1)(c1cc(C(C)C)cc(C(C)C)c1)c1cc(C(C)C)cc(C(C)C)c1.[Cl-].[Cl-].[Cl-]. The molecule has 3 aromatic rings. The molecule has 5 heteroatoms. The summed E-state index contributed by atoms with van der Waals surface area (Å²) in [6, 6.07) is 23.4. The fourth-order valence-corrected chi connectivity index (χ4v) is 16.0. The van der Waals surface area contributed by atoms with E-state index in [0.717, 1.165) is 0 Å². The molecule has 0 spiro atoms. The van der Waals surface area contributed by atoms with Crippen molar-refractivity contribution < 1.29 is 57.7 Å². The largest absolute Gasteiger partial charge is 1.00 e. The molecule has 0 fully saturated rings. The van der Waals surface area contributed by atoms with E-state index in [0.29, 0.717) is 35.5 Å². The Labute approximate surface area is 332 Å². The number of allylic oxidation sites excluding steroid dienone is 4. The predicted molar refractivity (Wildman–Crippen MR) is 203 cm³/mol. The maximum Gasteiger partial charge on any atom is -1.00 e. The zero-order chi connectivity index (χ0) is 34.5. The van der Waals surface area contributed by atoms with Crippen molar-refractivity contribution in [2.45, 2.75) is 143 Å². The Morgan fingerprint density at radius 1 is 0.429 bits per heavy atom. The van der Waals surface area contributed by atoms with E-state index < -0.39 is 8.07 Å². The van der Waals surface area contributed by atoms with Crippen LogP contribution in [0.1, 0.15) is 173 Å². The van der Waals surface area contributed by atoms with Gasteiger partial charge >= 0.3 is 298 Å². The maximum absolute atomic E-state index is 2.87. The van der Waals surface area contributed by atoms with Crippen molar-refractivity contribution in [3.63, 3.8) is 0 Å². The average molecular weight is 772 g/mol. The zero-order valence-corrected chi connectivity index (χ0v) is 37.7. The minimum atomic E-state index is -2.87. The number of benzene rings is 3. The van der Waals surface area contributed by atoms with Crippen molar-refractivity contribution in [2.24, 2.45) is 0 Å². The monoisotopic (exact) mass is 770 g/mol. The molecule has 1 atom stereocenters.